The Labute approximate surface area is 173 Å². The zero-order valence-electron chi connectivity index (χ0n) is 19.6. The van der Waals surface area contributed by atoms with Crippen LogP contribution in [0.4, 0.5) is 0 Å². The molecule has 162 valence electrons. The van der Waals surface area contributed by atoms with Gasteiger partial charge in [-0.3, -0.25) is 0 Å². The fourth-order valence-corrected chi connectivity index (χ4v) is 3.92. The number of hydrogen-bond donors (Lipinski definition) is 0. The van der Waals surface area contributed by atoms with Gasteiger partial charge in [0.2, 0.25) is 0 Å². The van der Waals surface area contributed by atoms with Gasteiger partial charge in [-0.2, -0.15) is 0 Å². The minimum Gasteiger partial charge on any atom is -0.306 e. The Kier molecular flexibility index (Phi) is 21.7. The molecule has 0 saturated heterocycles. The minimum absolute atomic E-state index is 0.812. The quantitative estimate of drug-likeness (QED) is 0.142. The van der Waals surface area contributed by atoms with Crippen molar-refractivity contribution >= 4 is 0 Å². The summed E-state index contributed by atoms with van der Waals surface area (Å²) in [5.41, 5.74) is 0. The Bertz CT molecular complexity index is 295. The van der Waals surface area contributed by atoms with Crippen molar-refractivity contribution in [2.24, 2.45) is 0 Å². The van der Waals surface area contributed by atoms with E-state index in [9.17, 15) is 0 Å². The predicted octanol–water partition coefficient (Wildman–Crippen LogP) is 8.92. The lowest BCUT2D eigenvalue weighted by Gasteiger charge is -2.24. The van der Waals surface area contributed by atoms with Crippen LogP contribution in [0, 0.1) is 0 Å². The van der Waals surface area contributed by atoms with E-state index in [1.165, 1.54) is 122 Å². The molecule has 0 aliphatic rings. The van der Waals surface area contributed by atoms with Crippen molar-refractivity contribution in [2.75, 3.05) is 14.1 Å². The van der Waals surface area contributed by atoms with Gasteiger partial charge in [-0.1, -0.05) is 109 Å². The topological polar surface area (TPSA) is 3.24 Å². The van der Waals surface area contributed by atoms with Gasteiger partial charge in [-0.05, 0) is 52.6 Å². The van der Waals surface area contributed by atoms with E-state index < -0.39 is 0 Å². The zero-order valence-corrected chi connectivity index (χ0v) is 19.6. The van der Waals surface area contributed by atoms with Gasteiger partial charge in [-0.15, -0.1) is 0 Å². The van der Waals surface area contributed by atoms with E-state index in [2.05, 4.69) is 45.0 Å². The molecular weight excluding hydrogens is 326 g/mol. The van der Waals surface area contributed by atoms with E-state index in [0.29, 0.717) is 0 Å². The smallest absolute Gasteiger partial charge is 0.00891 e. The SMILES string of the molecule is CCCCCC/C=C\CCCCCCCC(CCCCCCCC)N(C)C. The van der Waals surface area contributed by atoms with Crippen molar-refractivity contribution in [3.63, 3.8) is 0 Å². The Morgan fingerprint density at radius 2 is 0.889 bits per heavy atom. The molecular formula is C26H53N. The minimum atomic E-state index is 0.812. The summed E-state index contributed by atoms with van der Waals surface area (Å²) in [4.78, 5) is 2.47. The molecule has 0 spiro atoms. The summed E-state index contributed by atoms with van der Waals surface area (Å²) in [6.07, 6.45) is 31.4. The second kappa shape index (κ2) is 22.0. The van der Waals surface area contributed by atoms with Crippen LogP contribution < -0.4 is 0 Å². The van der Waals surface area contributed by atoms with Gasteiger partial charge < -0.3 is 4.90 Å². The lowest BCUT2D eigenvalue weighted by Crippen LogP contribution is -2.27. The van der Waals surface area contributed by atoms with Gasteiger partial charge in [-0.25, -0.2) is 0 Å². The Hall–Kier alpha value is -0.300. The Morgan fingerprint density at radius 3 is 1.33 bits per heavy atom. The van der Waals surface area contributed by atoms with Crippen molar-refractivity contribution in [3.05, 3.63) is 12.2 Å². The van der Waals surface area contributed by atoms with E-state index in [-0.39, 0.29) is 0 Å². The van der Waals surface area contributed by atoms with Crippen LogP contribution in [0.3, 0.4) is 0 Å². The van der Waals surface area contributed by atoms with Gasteiger partial charge >= 0.3 is 0 Å². The molecule has 1 unspecified atom stereocenters. The highest BCUT2D eigenvalue weighted by Gasteiger charge is 2.10. The summed E-state index contributed by atoms with van der Waals surface area (Å²) in [6, 6.07) is 0.812. The molecule has 0 aromatic carbocycles. The summed E-state index contributed by atoms with van der Waals surface area (Å²) < 4.78 is 0. The van der Waals surface area contributed by atoms with Crippen LogP contribution in [0.2, 0.25) is 0 Å². The monoisotopic (exact) mass is 379 g/mol. The number of hydrogen-bond acceptors (Lipinski definition) is 1. The third-order valence-electron chi connectivity index (χ3n) is 5.92. The average Bonchev–Trinajstić information content (AvgIpc) is 2.66. The zero-order chi connectivity index (χ0) is 20.0. The molecule has 0 bridgehead atoms. The molecule has 0 saturated carbocycles. The molecule has 1 heteroatoms. The maximum atomic E-state index is 2.47. The van der Waals surface area contributed by atoms with Gasteiger partial charge in [0.15, 0.2) is 0 Å². The van der Waals surface area contributed by atoms with Gasteiger partial charge in [0.25, 0.3) is 0 Å². The highest BCUT2D eigenvalue weighted by atomic mass is 15.1. The highest BCUT2D eigenvalue weighted by Crippen LogP contribution is 2.17. The van der Waals surface area contributed by atoms with E-state index in [1.807, 2.05) is 0 Å². The first-order valence-corrected chi connectivity index (χ1v) is 12.5. The first kappa shape index (κ1) is 26.7. The lowest BCUT2D eigenvalue weighted by atomic mass is 9.99. The molecule has 0 aromatic rings. The largest absolute Gasteiger partial charge is 0.306 e. The molecule has 0 fully saturated rings. The molecule has 1 atom stereocenters. The third kappa shape index (κ3) is 20.2. The van der Waals surface area contributed by atoms with Crippen LogP contribution in [0.15, 0.2) is 12.2 Å². The first-order chi connectivity index (χ1) is 13.2. The van der Waals surface area contributed by atoms with E-state index in [0.717, 1.165) is 6.04 Å². The summed E-state index contributed by atoms with van der Waals surface area (Å²) in [7, 11) is 4.55. The third-order valence-corrected chi connectivity index (χ3v) is 5.92. The molecule has 0 aliphatic carbocycles. The highest BCUT2D eigenvalue weighted by molar-refractivity contribution is 4.81. The van der Waals surface area contributed by atoms with Crippen molar-refractivity contribution in [3.8, 4) is 0 Å². The first-order valence-electron chi connectivity index (χ1n) is 12.5. The van der Waals surface area contributed by atoms with Crippen molar-refractivity contribution in [2.45, 2.75) is 142 Å². The van der Waals surface area contributed by atoms with Crippen LogP contribution in [-0.4, -0.2) is 25.0 Å². The lowest BCUT2D eigenvalue weighted by molar-refractivity contribution is 0.251. The van der Waals surface area contributed by atoms with Crippen LogP contribution in [0.25, 0.3) is 0 Å². The normalized spacial score (nSPS) is 13.1. The van der Waals surface area contributed by atoms with Crippen LogP contribution in [-0.2, 0) is 0 Å². The standard InChI is InChI=1S/C26H53N/c1-5-7-9-11-13-14-15-16-17-18-19-21-23-25-26(27(3)4)24-22-20-12-10-8-6-2/h14-15,26H,5-13,16-25H2,1-4H3/b15-14-. The predicted molar refractivity (Wildman–Crippen MR) is 126 cm³/mol. The molecule has 0 amide bonds. The van der Waals surface area contributed by atoms with E-state index in [4.69, 9.17) is 0 Å². The molecule has 0 rings (SSSR count). The Balaban J connectivity index is 3.46. The fourth-order valence-electron chi connectivity index (χ4n) is 3.92. The molecule has 0 aliphatic heterocycles. The van der Waals surface area contributed by atoms with E-state index >= 15 is 0 Å². The maximum Gasteiger partial charge on any atom is 0.00891 e. The van der Waals surface area contributed by atoms with Crippen LogP contribution in [0.1, 0.15) is 136 Å². The van der Waals surface area contributed by atoms with Crippen LogP contribution >= 0.6 is 0 Å². The molecule has 0 N–H and O–H groups in total. The number of allylic oxidation sites excluding steroid dienone is 2. The summed E-state index contributed by atoms with van der Waals surface area (Å²) in [5.74, 6) is 0. The molecule has 0 heterocycles. The second-order valence-electron chi connectivity index (χ2n) is 8.84. The van der Waals surface area contributed by atoms with E-state index in [1.54, 1.807) is 0 Å². The molecule has 0 aromatic heterocycles. The molecule has 1 nitrogen and oxygen atoms in total. The maximum absolute atomic E-state index is 2.47. The second-order valence-corrected chi connectivity index (χ2v) is 8.84. The molecule has 27 heavy (non-hydrogen) atoms. The van der Waals surface area contributed by atoms with Gasteiger partial charge in [0, 0.05) is 6.04 Å². The Morgan fingerprint density at radius 1 is 0.519 bits per heavy atom. The number of rotatable bonds is 21. The molecule has 0 radical (unpaired) electrons. The average molecular weight is 380 g/mol. The van der Waals surface area contributed by atoms with Crippen molar-refractivity contribution in [1.29, 1.82) is 0 Å². The van der Waals surface area contributed by atoms with Gasteiger partial charge in [0.05, 0.1) is 0 Å². The fraction of sp³-hybridized carbons (Fsp3) is 0.923. The number of nitrogens with zero attached hydrogens (tertiary/aromatic N) is 1. The van der Waals surface area contributed by atoms with Gasteiger partial charge in [0.1, 0.15) is 0 Å². The number of unbranched alkanes of at least 4 members (excludes halogenated alkanes) is 14. The van der Waals surface area contributed by atoms with Crippen LogP contribution in [0.5, 0.6) is 0 Å². The van der Waals surface area contributed by atoms with Crippen molar-refractivity contribution < 1.29 is 0 Å². The summed E-state index contributed by atoms with van der Waals surface area (Å²) in [6.45, 7) is 4.58. The summed E-state index contributed by atoms with van der Waals surface area (Å²) >= 11 is 0. The summed E-state index contributed by atoms with van der Waals surface area (Å²) in [5, 5.41) is 0. The van der Waals surface area contributed by atoms with Crippen molar-refractivity contribution in [1.82, 2.24) is 4.90 Å².